The molecule has 1 atom stereocenters. The van der Waals surface area contributed by atoms with Gasteiger partial charge in [-0.2, -0.15) is 0 Å². The molecule has 20 heavy (non-hydrogen) atoms. The highest BCUT2D eigenvalue weighted by Gasteiger charge is 2.21. The van der Waals surface area contributed by atoms with Gasteiger partial charge in [-0.25, -0.2) is 0 Å². The first-order valence-corrected chi connectivity index (χ1v) is 6.65. The van der Waals surface area contributed by atoms with Crippen molar-refractivity contribution in [3.8, 4) is 0 Å². The summed E-state index contributed by atoms with van der Waals surface area (Å²) in [5, 5.41) is 2.56. The van der Waals surface area contributed by atoms with Crippen LogP contribution in [0, 0.1) is 0 Å². The van der Waals surface area contributed by atoms with Crippen molar-refractivity contribution in [1.82, 2.24) is 10.2 Å². The number of hydrogen-bond donors (Lipinski definition) is 2. The molecule has 0 bridgehead atoms. The second-order valence-electron chi connectivity index (χ2n) is 4.87. The van der Waals surface area contributed by atoms with E-state index in [4.69, 9.17) is 5.73 Å². The molecule has 0 radical (unpaired) electrons. The number of likely N-dealkylation sites (tertiary alicyclic amines) is 1. The lowest BCUT2D eigenvalue weighted by Crippen LogP contribution is -2.30. The summed E-state index contributed by atoms with van der Waals surface area (Å²) in [5.74, 6) is -0.143. The minimum atomic E-state index is -0.123. The van der Waals surface area contributed by atoms with Crippen LogP contribution in [0.25, 0.3) is 6.08 Å². The third kappa shape index (κ3) is 3.45. The zero-order valence-electron chi connectivity index (χ0n) is 11.5. The Hall–Kier alpha value is -2.14. The number of rotatable bonds is 3. The van der Waals surface area contributed by atoms with Crippen LogP contribution in [-0.2, 0) is 4.79 Å². The van der Waals surface area contributed by atoms with Crippen molar-refractivity contribution in [2.24, 2.45) is 5.73 Å². The van der Waals surface area contributed by atoms with Crippen molar-refractivity contribution in [1.29, 1.82) is 0 Å². The fourth-order valence-corrected chi connectivity index (χ4v) is 2.15. The predicted molar refractivity (Wildman–Crippen MR) is 78.0 cm³/mol. The number of carbonyl (C=O) groups excluding carboxylic acids is 2. The maximum Gasteiger partial charge on any atom is 0.251 e. The molecule has 1 aliphatic rings. The molecule has 5 nitrogen and oxygen atoms in total. The standard InChI is InChI=1S/C15H19N3O2/c1-17-15(20)12-5-2-11(3-6-12)4-7-14(19)18-9-8-13(16)10-18/h2-7,13H,8-10,16H2,1H3,(H,17,20)/b7-4+/t13-/m0/s1. The molecule has 1 saturated heterocycles. The van der Waals surface area contributed by atoms with E-state index in [0.717, 1.165) is 18.5 Å². The van der Waals surface area contributed by atoms with E-state index < -0.39 is 0 Å². The highest BCUT2D eigenvalue weighted by molar-refractivity contribution is 5.94. The molecule has 1 aliphatic heterocycles. The minimum Gasteiger partial charge on any atom is -0.355 e. The number of benzene rings is 1. The monoisotopic (exact) mass is 273 g/mol. The van der Waals surface area contributed by atoms with Crippen molar-refractivity contribution in [2.45, 2.75) is 12.5 Å². The van der Waals surface area contributed by atoms with Crippen LogP contribution in [0.4, 0.5) is 0 Å². The number of nitrogens with one attached hydrogen (secondary N) is 1. The molecule has 0 spiro atoms. The molecular weight excluding hydrogens is 254 g/mol. The first kappa shape index (κ1) is 14.3. The third-order valence-electron chi connectivity index (χ3n) is 3.35. The van der Waals surface area contributed by atoms with E-state index >= 15 is 0 Å². The lowest BCUT2D eigenvalue weighted by molar-refractivity contribution is -0.124. The van der Waals surface area contributed by atoms with Gasteiger partial charge in [0.05, 0.1) is 0 Å². The fraction of sp³-hybridized carbons (Fsp3) is 0.333. The molecule has 1 fully saturated rings. The van der Waals surface area contributed by atoms with E-state index in [1.165, 1.54) is 0 Å². The maximum absolute atomic E-state index is 11.9. The van der Waals surface area contributed by atoms with Crippen LogP contribution in [0.5, 0.6) is 0 Å². The number of nitrogens with zero attached hydrogens (tertiary/aromatic N) is 1. The van der Waals surface area contributed by atoms with Gasteiger partial charge >= 0.3 is 0 Å². The van der Waals surface area contributed by atoms with Crippen molar-refractivity contribution >= 4 is 17.9 Å². The zero-order chi connectivity index (χ0) is 14.5. The molecule has 2 amide bonds. The Labute approximate surface area is 118 Å². The van der Waals surface area contributed by atoms with Crippen molar-refractivity contribution in [3.63, 3.8) is 0 Å². The SMILES string of the molecule is CNC(=O)c1ccc(/C=C/C(=O)N2CC[C@H](N)C2)cc1. The van der Waals surface area contributed by atoms with Crippen LogP contribution in [0.1, 0.15) is 22.3 Å². The van der Waals surface area contributed by atoms with Crippen LogP contribution < -0.4 is 11.1 Å². The molecule has 0 saturated carbocycles. The minimum absolute atomic E-state index is 0.0201. The lowest BCUT2D eigenvalue weighted by atomic mass is 10.1. The van der Waals surface area contributed by atoms with Crippen LogP contribution in [0.3, 0.4) is 0 Å². The van der Waals surface area contributed by atoms with Crippen LogP contribution in [0.15, 0.2) is 30.3 Å². The van der Waals surface area contributed by atoms with Crippen molar-refractivity contribution in [3.05, 3.63) is 41.5 Å². The van der Waals surface area contributed by atoms with Gasteiger partial charge in [0.2, 0.25) is 5.91 Å². The summed E-state index contributed by atoms with van der Waals surface area (Å²) in [6, 6.07) is 7.18. The molecule has 1 aromatic carbocycles. The second kappa shape index (κ2) is 6.34. The van der Waals surface area contributed by atoms with Gasteiger partial charge in [0.25, 0.3) is 5.91 Å². The lowest BCUT2D eigenvalue weighted by Gasteiger charge is -2.12. The van der Waals surface area contributed by atoms with E-state index in [9.17, 15) is 9.59 Å². The fourth-order valence-electron chi connectivity index (χ4n) is 2.15. The normalized spacial score (nSPS) is 18.5. The summed E-state index contributed by atoms with van der Waals surface area (Å²) in [4.78, 5) is 25.0. The first-order chi connectivity index (χ1) is 9.60. The van der Waals surface area contributed by atoms with Gasteiger partial charge in [-0.05, 0) is 30.2 Å². The quantitative estimate of drug-likeness (QED) is 0.793. The molecule has 106 valence electrons. The highest BCUT2D eigenvalue weighted by atomic mass is 16.2. The number of hydrogen-bond acceptors (Lipinski definition) is 3. The van der Waals surface area contributed by atoms with Gasteiger partial charge in [-0.3, -0.25) is 9.59 Å². The molecular formula is C15H19N3O2. The van der Waals surface area contributed by atoms with Gasteiger partial charge in [0, 0.05) is 37.8 Å². The molecule has 0 aromatic heterocycles. The molecule has 1 aromatic rings. The average Bonchev–Trinajstić information content (AvgIpc) is 2.91. The van der Waals surface area contributed by atoms with E-state index in [1.807, 2.05) is 12.1 Å². The summed E-state index contributed by atoms with van der Waals surface area (Å²) < 4.78 is 0. The van der Waals surface area contributed by atoms with Crippen molar-refractivity contribution < 1.29 is 9.59 Å². The average molecular weight is 273 g/mol. The molecule has 5 heteroatoms. The highest BCUT2D eigenvalue weighted by Crippen LogP contribution is 2.10. The predicted octanol–water partition coefficient (Wildman–Crippen LogP) is 0.619. The van der Waals surface area contributed by atoms with Gasteiger partial charge < -0.3 is 16.0 Å². The largest absolute Gasteiger partial charge is 0.355 e. The number of carbonyl (C=O) groups is 2. The smallest absolute Gasteiger partial charge is 0.251 e. The van der Waals surface area contributed by atoms with Gasteiger partial charge in [-0.1, -0.05) is 12.1 Å². The van der Waals surface area contributed by atoms with Gasteiger partial charge in [0.15, 0.2) is 0 Å². The molecule has 1 heterocycles. The van der Waals surface area contributed by atoms with E-state index in [2.05, 4.69) is 5.32 Å². The first-order valence-electron chi connectivity index (χ1n) is 6.65. The maximum atomic E-state index is 11.9. The Kier molecular flexibility index (Phi) is 4.53. The second-order valence-corrected chi connectivity index (χ2v) is 4.87. The summed E-state index contributed by atoms with van der Waals surface area (Å²) in [7, 11) is 1.59. The summed E-state index contributed by atoms with van der Waals surface area (Å²) in [6.07, 6.45) is 4.16. The third-order valence-corrected chi connectivity index (χ3v) is 3.35. The number of amides is 2. The van der Waals surface area contributed by atoms with E-state index in [1.54, 1.807) is 36.2 Å². The Morgan fingerprint density at radius 1 is 1.35 bits per heavy atom. The molecule has 0 aliphatic carbocycles. The van der Waals surface area contributed by atoms with Crippen LogP contribution >= 0.6 is 0 Å². The van der Waals surface area contributed by atoms with Gasteiger partial charge in [0.1, 0.15) is 0 Å². The zero-order valence-corrected chi connectivity index (χ0v) is 11.5. The topological polar surface area (TPSA) is 75.4 Å². The van der Waals surface area contributed by atoms with Crippen molar-refractivity contribution in [2.75, 3.05) is 20.1 Å². The van der Waals surface area contributed by atoms with Crippen LogP contribution in [-0.4, -0.2) is 42.9 Å². The Bertz CT molecular complexity index is 522. The summed E-state index contributed by atoms with van der Waals surface area (Å²) >= 11 is 0. The van der Waals surface area contributed by atoms with E-state index in [-0.39, 0.29) is 17.9 Å². The van der Waals surface area contributed by atoms with Gasteiger partial charge in [-0.15, -0.1) is 0 Å². The Morgan fingerprint density at radius 2 is 2.05 bits per heavy atom. The number of nitrogens with two attached hydrogens (primary N) is 1. The molecule has 0 unspecified atom stereocenters. The summed E-state index contributed by atoms with van der Waals surface area (Å²) in [5.41, 5.74) is 7.25. The molecule has 2 rings (SSSR count). The Morgan fingerprint density at radius 3 is 2.60 bits per heavy atom. The van der Waals surface area contributed by atoms with E-state index in [0.29, 0.717) is 12.1 Å². The Balaban J connectivity index is 1.97. The van der Waals surface area contributed by atoms with Crippen LogP contribution in [0.2, 0.25) is 0 Å². The molecule has 3 N–H and O–H groups in total. The summed E-state index contributed by atoms with van der Waals surface area (Å²) in [6.45, 7) is 1.35.